The third kappa shape index (κ3) is 3.44. The van der Waals surface area contributed by atoms with Crippen molar-refractivity contribution in [2.75, 3.05) is 0 Å². The summed E-state index contributed by atoms with van der Waals surface area (Å²) < 4.78 is 0. The molecule has 0 fully saturated rings. The van der Waals surface area contributed by atoms with Crippen LogP contribution in [0, 0.1) is 0 Å². The maximum absolute atomic E-state index is 9.26. The van der Waals surface area contributed by atoms with Gasteiger partial charge in [-0.05, 0) is 13.8 Å². The zero-order valence-electron chi connectivity index (χ0n) is 7.14. The molecule has 0 rings (SSSR count). The lowest BCUT2D eigenvalue weighted by Crippen LogP contribution is -2.45. The van der Waals surface area contributed by atoms with Crippen molar-refractivity contribution in [3.05, 3.63) is 0 Å². The third-order valence-electron chi connectivity index (χ3n) is 1.58. The van der Waals surface area contributed by atoms with Crippen LogP contribution in [0.5, 0.6) is 0 Å². The van der Waals surface area contributed by atoms with Gasteiger partial charge < -0.3 is 15.3 Å². The largest absolute Gasteiger partial charge is 0.391 e. The number of rotatable bonds is 5. The van der Waals surface area contributed by atoms with Crippen LogP contribution in [-0.4, -0.2) is 39.7 Å². The Morgan fingerprint density at radius 1 is 1.17 bits per heavy atom. The molecule has 0 bridgehead atoms. The van der Waals surface area contributed by atoms with Gasteiger partial charge in [0.1, 0.15) is 18.3 Å². The number of aliphatic hydroxyl groups excluding tert-OH is 3. The van der Waals surface area contributed by atoms with Crippen LogP contribution in [0.15, 0.2) is 0 Å². The molecule has 0 unspecified atom stereocenters. The second kappa shape index (κ2) is 5.41. The fraction of sp³-hybridized carbons (Fsp3) is 1.00. The van der Waals surface area contributed by atoms with Gasteiger partial charge in [-0.25, -0.2) is 5.84 Å². The van der Waals surface area contributed by atoms with Crippen LogP contribution in [0.3, 0.4) is 0 Å². The van der Waals surface area contributed by atoms with E-state index >= 15 is 0 Å². The lowest BCUT2D eigenvalue weighted by molar-refractivity contribution is -0.137. The molecule has 0 radical (unpaired) electrons. The van der Waals surface area contributed by atoms with Gasteiger partial charge in [0, 0.05) is 0 Å². The van der Waals surface area contributed by atoms with Crippen molar-refractivity contribution in [1.29, 1.82) is 0 Å². The Balaban J connectivity index is 3.90. The van der Waals surface area contributed by atoms with Crippen LogP contribution in [0.25, 0.3) is 0 Å². The van der Waals surface area contributed by atoms with E-state index in [9.17, 15) is 5.11 Å². The molecule has 6 N–H and O–H groups in total. The molecule has 0 spiro atoms. The maximum Gasteiger partial charge on any atom is 0.110 e. The van der Waals surface area contributed by atoms with Gasteiger partial charge in [-0.15, -0.1) is 5.59 Å². The average Bonchev–Trinajstić information content (AvgIpc) is 2.02. The molecule has 0 aromatic carbocycles. The summed E-state index contributed by atoms with van der Waals surface area (Å²) in [6.07, 6.45) is -4.13. The first-order valence-electron chi connectivity index (χ1n) is 3.66. The van der Waals surface area contributed by atoms with Crippen molar-refractivity contribution in [2.45, 2.75) is 38.3 Å². The molecule has 0 aliphatic rings. The second-order valence-corrected chi connectivity index (χ2v) is 2.66. The highest BCUT2D eigenvalue weighted by Gasteiger charge is 2.27. The number of aliphatic hydroxyl groups is 3. The van der Waals surface area contributed by atoms with Crippen molar-refractivity contribution in [3.63, 3.8) is 0 Å². The number of hydrazine groups is 1. The average molecular weight is 180 g/mol. The van der Waals surface area contributed by atoms with E-state index in [1.54, 1.807) is 0 Å². The van der Waals surface area contributed by atoms with Crippen molar-refractivity contribution in [2.24, 2.45) is 5.84 Å². The van der Waals surface area contributed by atoms with Crippen LogP contribution in [0.2, 0.25) is 0 Å². The zero-order valence-corrected chi connectivity index (χ0v) is 7.14. The topological polar surface area (TPSA) is 108 Å². The highest BCUT2D eigenvalue weighted by molar-refractivity contribution is 4.76. The first-order valence-corrected chi connectivity index (χ1v) is 3.66. The molecule has 4 atom stereocenters. The molecule has 0 aromatic heterocycles. The van der Waals surface area contributed by atoms with E-state index in [0.717, 1.165) is 0 Å². The minimum Gasteiger partial charge on any atom is -0.391 e. The van der Waals surface area contributed by atoms with Crippen molar-refractivity contribution in [1.82, 2.24) is 5.59 Å². The first kappa shape index (κ1) is 11.8. The zero-order chi connectivity index (χ0) is 9.72. The van der Waals surface area contributed by atoms with Crippen LogP contribution < -0.4 is 11.4 Å². The van der Waals surface area contributed by atoms with E-state index in [1.807, 2.05) is 5.59 Å². The molecule has 12 heavy (non-hydrogen) atoms. The van der Waals surface area contributed by atoms with Crippen LogP contribution in [-0.2, 0) is 4.84 Å². The van der Waals surface area contributed by atoms with E-state index in [0.29, 0.717) is 0 Å². The Bertz CT molecular complexity index is 122. The minimum absolute atomic E-state index is 0.695. The van der Waals surface area contributed by atoms with Gasteiger partial charge in [0.05, 0.1) is 6.10 Å². The molecular formula is C6H16N2O4. The molecule has 0 aromatic rings. The summed E-state index contributed by atoms with van der Waals surface area (Å²) in [6.45, 7) is 2.88. The number of nitrogens with one attached hydrogen (secondary N) is 1. The molecule has 0 saturated carbocycles. The van der Waals surface area contributed by atoms with E-state index in [2.05, 4.69) is 4.84 Å². The Morgan fingerprint density at radius 3 is 2.00 bits per heavy atom. The molecule has 0 heterocycles. The molecular weight excluding hydrogens is 164 g/mol. The standard InChI is InChI=1S/C6H16N2O4/c1-3(9)5(10)6(11)4(2)12-8-7/h3-6,8-11H,7H2,1-2H3/t3-,4-,5-,6-/m0/s1. The van der Waals surface area contributed by atoms with Gasteiger partial charge in [0.25, 0.3) is 0 Å². The Morgan fingerprint density at radius 2 is 1.67 bits per heavy atom. The van der Waals surface area contributed by atoms with Crippen LogP contribution in [0.4, 0.5) is 0 Å². The number of nitrogens with two attached hydrogens (primary N) is 1. The monoisotopic (exact) mass is 180 g/mol. The van der Waals surface area contributed by atoms with Crippen LogP contribution >= 0.6 is 0 Å². The number of hydrogen-bond donors (Lipinski definition) is 5. The fourth-order valence-corrected chi connectivity index (χ4v) is 0.740. The Labute approximate surface area is 70.9 Å². The summed E-state index contributed by atoms with van der Waals surface area (Å²) >= 11 is 0. The Kier molecular flexibility index (Phi) is 5.31. The van der Waals surface area contributed by atoms with E-state index in [-0.39, 0.29) is 0 Å². The normalized spacial score (nSPS) is 21.5. The van der Waals surface area contributed by atoms with Gasteiger partial charge in [0.15, 0.2) is 0 Å². The molecule has 0 aliphatic heterocycles. The van der Waals surface area contributed by atoms with Gasteiger partial charge >= 0.3 is 0 Å². The quantitative estimate of drug-likeness (QED) is 0.244. The second-order valence-electron chi connectivity index (χ2n) is 2.66. The van der Waals surface area contributed by atoms with Crippen molar-refractivity contribution >= 4 is 0 Å². The van der Waals surface area contributed by atoms with Crippen molar-refractivity contribution in [3.8, 4) is 0 Å². The lowest BCUT2D eigenvalue weighted by Gasteiger charge is -2.24. The maximum atomic E-state index is 9.26. The number of hydrogen-bond acceptors (Lipinski definition) is 6. The first-order chi connectivity index (χ1) is 5.50. The van der Waals surface area contributed by atoms with Gasteiger partial charge in [-0.3, -0.25) is 4.84 Å². The lowest BCUT2D eigenvalue weighted by atomic mass is 10.1. The Hall–Kier alpha value is -0.240. The summed E-state index contributed by atoms with van der Waals surface area (Å²) in [5, 5.41) is 27.3. The SMILES string of the molecule is C[C@H](O)[C@H](O)[C@@H](O)[C@H](C)ONN. The molecule has 0 aliphatic carbocycles. The smallest absolute Gasteiger partial charge is 0.110 e. The highest BCUT2D eigenvalue weighted by atomic mass is 16.7. The van der Waals surface area contributed by atoms with E-state index < -0.39 is 24.4 Å². The van der Waals surface area contributed by atoms with Gasteiger partial charge in [-0.2, -0.15) is 0 Å². The summed E-state index contributed by atoms with van der Waals surface area (Å²) in [4.78, 5) is 4.58. The van der Waals surface area contributed by atoms with Crippen molar-refractivity contribution < 1.29 is 20.2 Å². The summed E-state index contributed by atoms with van der Waals surface area (Å²) in [6, 6.07) is 0. The molecule has 0 saturated heterocycles. The van der Waals surface area contributed by atoms with Gasteiger partial charge in [-0.1, -0.05) is 0 Å². The summed E-state index contributed by atoms with van der Waals surface area (Å²) in [5.41, 5.74) is 1.89. The van der Waals surface area contributed by atoms with E-state index in [4.69, 9.17) is 16.1 Å². The molecule has 6 nitrogen and oxygen atoms in total. The fourth-order valence-electron chi connectivity index (χ4n) is 0.740. The minimum atomic E-state index is -1.24. The van der Waals surface area contributed by atoms with E-state index in [1.165, 1.54) is 13.8 Å². The van der Waals surface area contributed by atoms with Gasteiger partial charge in [0.2, 0.25) is 0 Å². The predicted octanol–water partition coefficient (Wildman–Crippen LogP) is -2.13. The summed E-state index contributed by atoms with van der Waals surface area (Å²) in [7, 11) is 0. The predicted molar refractivity (Wildman–Crippen MR) is 41.6 cm³/mol. The third-order valence-corrected chi connectivity index (χ3v) is 1.58. The molecule has 74 valence electrons. The highest BCUT2D eigenvalue weighted by Crippen LogP contribution is 2.05. The van der Waals surface area contributed by atoms with Crippen LogP contribution in [0.1, 0.15) is 13.8 Å². The molecule has 0 amide bonds. The molecule has 6 heteroatoms. The summed E-state index contributed by atoms with van der Waals surface area (Å²) in [5.74, 6) is 4.82.